The number of anilines is 2. The van der Waals surface area contributed by atoms with Gasteiger partial charge in [-0.05, 0) is 42.0 Å². The summed E-state index contributed by atoms with van der Waals surface area (Å²) in [7, 11) is 0. The molecule has 0 bridgehead atoms. The van der Waals surface area contributed by atoms with Crippen LogP contribution in [0.15, 0.2) is 72.9 Å². The van der Waals surface area contributed by atoms with E-state index in [0.29, 0.717) is 12.4 Å². The van der Waals surface area contributed by atoms with E-state index in [9.17, 15) is 4.79 Å². The van der Waals surface area contributed by atoms with Gasteiger partial charge in [-0.1, -0.05) is 74.0 Å². The summed E-state index contributed by atoms with van der Waals surface area (Å²) >= 11 is 0. The lowest BCUT2D eigenvalue weighted by Crippen LogP contribution is -2.45. The number of pyridine rings is 1. The molecule has 3 aromatic rings. The van der Waals surface area contributed by atoms with Crippen LogP contribution in [0.2, 0.25) is 0 Å². The summed E-state index contributed by atoms with van der Waals surface area (Å²) in [5, 5.41) is 6.46. The molecule has 0 spiro atoms. The van der Waals surface area contributed by atoms with Gasteiger partial charge in [0.1, 0.15) is 11.9 Å². The van der Waals surface area contributed by atoms with Crippen LogP contribution in [-0.4, -0.2) is 30.5 Å². The van der Waals surface area contributed by atoms with Crippen LogP contribution in [0.1, 0.15) is 42.5 Å². The number of nitrogens with zero attached hydrogens (tertiary/aromatic N) is 2. The Labute approximate surface area is 190 Å². The molecule has 1 aliphatic heterocycles. The number of hydrogen-bond acceptors (Lipinski definition) is 4. The number of rotatable bonds is 8. The van der Waals surface area contributed by atoms with Crippen molar-refractivity contribution in [3.63, 3.8) is 0 Å². The first-order valence-corrected chi connectivity index (χ1v) is 11.4. The van der Waals surface area contributed by atoms with Gasteiger partial charge in [0, 0.05) is 19.6 Å². The van der Waals surface area contributed by atoms with Gasteiger partial charge < -0.3 is 15.5 Å². The van der Waals surface area contributed by atoms with Gasteiger partial charge >= 0.3 is 0 Å². The molecule has 4 rings (SSSR count). The fraction of sp³-hybridized carbons (Fsp3) is 0.333. The smallest absolute Gasteiger partial charge is 0.247 e. The van der Waals surface area contributed by atoms with Gasteiger partial charge in [0.25, 0.3) is 0 Å². The Morgan fingerprint density at radius 1 is 1.03 bits per heavy atom. The Bertz CT molecular complexity index is 1010. The van der Waals surface area contributed by atoms with Gasteiger partial charge in [0.15, 0.2) is 0 Å². The Balaban J connectivity index is 1.43. The summed E-state index contributed by atoms with van der Waals surface area (Å²) in [6, 6.07) is 21.9. The molecule has 1 amide bonds. The molecule has 2 N–H and O–H groups in total. The summed E-state index contributed by atoms with van der Waals surface area (Å²) in [6.07, 6.45) is 1.84. The predicted molar refractivity (Wildman–Crippen MR) is 131 cm³/mol. The van der Waals surface area contributed by atoms with Crippen LogP contribution in [0, 0.1) is 12.8 Å². The highest BCUT2D eigenvalue weighted by Gasteiger charge is 2.24. The molecule has 5 heteroatoms. The molecule has 2 aromatic carbocycles. The van der Waals surface area contributed by atoms with Crippen molar-refractivity contribution in [2.24, 2.45) is 5.92 Å². The van der Waals surface area contributed by atoms with Gasteiger partial charge in [-0.15, -0.1) is 0 Å². The van der Waals surface area contributed by atoms with E-state index >= 15 is 0 Å². The second-order valence-electron chi connectivity index (χ2n) is 8.96. The third-order valence-electron chi connectivity index (χ3n) is 6.10. The van der Waals surface area contributed by atoms with Crippen LogP contribution in [0.3, 0.4) is 0 Å². The minimum Gasteiger partial charge on any atom is -0.370 e. The van der Waals surface area contributed by atoms with Crippen molar-refractivity contribution in [3.8, 4) is 0 Å². The lowest BCUT2D eigenvalue weighted by molar-refractivity contribution is -0.118. The number of hydrogen-bond donors (Lipinski definition) is 2. The normalized spacial score (nSPS) is 15.7. The van der Waals surface area contributed by atoms with Gasteiger partial charge in [0.05, 0.1) is 11.9 Å². The SMILES string of the molecule is Cc1ccc([C@H](C)CN[C@@H](C(=O)Nc2ccc(N3CC(C)C3)cn2)c2ccccc2)cc1. The quantitative estimate of drug-likeness (QED) is 0.535. The molecule has 2 heterocycles. The molecule has 0 saturated carbocycles. The molecule has 1 aromatic heterocycles. The molecule has 5 nitrogen and oxygen atoms in total. The maximum Gasteiger partial charge on any atom is 0.247 e. The highest BCUT2D eigenvalue weighted by atomic mass is 16.2. The molecular weight excluding hydrogens is 396 g/mol. The first-order valence-electron chi connectivity index (χ1n) is 11.4. The maximum absolute atomic E-state index is 13.2. The number of carbonyl (C=O) groups is 1. The monoisotopic (exact) mass is 428 g/mol. The average Bonchev–Trinajstić information content (AvgIpc) is 2.79. The minimum absolute atomic E-state index is 0.106. The van der Waals surface area contributed by atoms with Crippen LogP contribution >= 0.6 is 0 Å². The first-order chi connectivity index (χ1) is 15.5. The van der Waals surface area contributed by atoms with E-state index in [1.165, 1.54) is 11.1 Å². The van der Waals surface area contributed by atoms with Crippen LogP contribution in [0.25, 0.3) is 0 Å². The zero-order valence-corrected chi connectivity index (χ0v) is 19.1. The van der Waals surface area contributed by atoms with Crippen molar-refractivity contribution in [1.82, 2.24) is 10.3 Å². The molecule has 0 aliphatic carbocycles. The number of nitrogens with one attached hydrogen (secondary N) is 2. The lowest BCUT2D eigenvalue weighted by atomic mass is 9.98. The predicted octanol–water partition coefficient (Wildman–Crippen LogP) is 4.92. The van der Waals surface area contributed by atoms with Gasteiger partial charge in [0.2, 0.25) is 5.91 Å². The van der Waals surface area contributed by atoms with Gasteiger partial charge in [-0.3, -0.25) is 4.79 Å². The topological polar surface area (TPSA) is 57.3 Å². The highest BCUT2D eigenvalue weighted by Crippen LogP contribution is 2.25. The molecule has 1 aliphatic rings. The summed E-state index contributed by atoms with van der Waals surface area (Å²) < 4.78 is 0. The Morgan fingerprint density at radius 2 is 1.75 bits per heavy atom. The molecular formula is C27H32N4O. The van der Waals surface area contributed by atoms with E-state index in [1.807, 2.05) is 48.7 Å². The van der Waals surface area contributed by atoms with Crippen molar-refractivity contribution in [2.75, 3.05) is 29.9 Å². The van der Waals surface area contributed by atoms with Crippen molar-refractivity contribution < 1.29 is 4.79 Å². The van der Waals surface area contributed by atoms with Crippen molar-refractivity contribution >= 4 is 17.4 Å². The summed E-state index contributed by atoms with van der Waals surface area (Å²) in [6.45, 7) is 9.32. The fourth-order valence-corrected chi connectivity index (χ4v) is 4.07. The van der Waals surface area contributed by atoms with Crippen molar-refractivity contribution in [1.29, 1.82) is 0 Å². The third kappa shape index (κ3) is 5.35. The van der Waals surface area contributed by atoms with Gasteiger partial charge in [-0.2, -0.15) is 0 Å². The van der Waals surface area contributed by atoms with Crippen molar-refractivity contribution in [2.45, 2.75) is 32.7 Å². The van der Waals surface area contributed by atoms with E-state index in [0.717, 1.165) is 30.3 Å². The Hall–Kier alpha value is -3.18. The molecule has 2 atom stereocenters. The third-order valence-corrected chi connectivity index (χ3v) is 6.10. The summed E-state index contributed by atoms with van der Waals surface area (Å²) in [5.74, 6) is 1.48. The molecule has 166 valence electrons. The zero-order valence-electron chi connectivity index (χ0n) is 19.1. The number of aromatic nitrogens is 1. The number of aryl methyl sites for hydroxylation is 1. The summed E-state index contributed by atoms with van der Waals surface area (Å²) in [5.41, 5.74) is 4.54. The van der Waals surface area contributed by atoms with E-state index in [-0.39, 0.29) is 11.8 Å². The zero-order chi connectivity index (χ0) is 22.5. The molecule has 0 unspecified atom stereocenters. The van der Waals surface area contributed by atoms with Crippen LogP contribution in [-0.2, 0) is 4.79 Å². The van der Waals surface area contributed by atoms with E-state index < -0.39 is 6.04 Å². The van der Waals surface area contributed by atoms with Crippen LogP contribution in [0.4, 0.5) is 11.5 Å². The van der Waals surface area contributed by atoms with E-state index in [4.69, 9.17) is 0 Å². The molecule has 1 saturated heterocycles. The van der Waals surface area contributed by atoms with Crippen LogP contribution < -0.4 is 15.5 Å². The van der Waals surface area contributed by atoms with Crippen molar-refractivity contribution in [3.05, 3.63) is 89.6 Å². The second-order valence-corrected chi connectivity index (χ2v) is 8.96. The Morgan fingerprint density at radius 3 is 2.38 bits per heavy atom. The molecule has 32 heavy (non-hydrogen) atoms. The first kappa shape index (κ1) is 22.0. The summed E-state index contributed by atoms with van der Waals surface area (Å²) in [4.78, 5) is 20.0. The average molecular weight is 429 g/mol. The number of carbonyl (C=O) groups excluding carboxylic acids is 1. The standard InChI is InChI=1S/C27H32N4O/c1-19-9-11-22(12-10-19)21(3)15-29-26(23-7-5-4-6-8-23)27(32)30-25-14-13-24(16-28-25)31-17-20(2)18-31/h4-14,16,20-21,26,29H,15,17-18H2,1-3H3,(H,28,30,32)/t21-,26-/m1/s1. The van der Waals surface area contributed by atoms with E-state index in [2.05, 4.69) is 65.6 Å². The minimum atomic E-state index is -0.457. The largest absolute Gasteiger partial charge is 0.370 e. The molecule has 1 fully saturated rings. The second kappa shape index (κ2) is 9.96. The van der Waals surface area contributed by atoms with Gasteiger partial charge in [-0.25, -0.2) is 4.98 Å². The number of benzene rings is 2. The van der Waals surface area contributed by atoms with Crippen LogP contribution in [0.5, 0.6) is 0 Å². The lowest BCUT2D eigenvalue weighted by Gasteiger charge is -2.38. The molecule has 0 radical (unpaired) electrons. The Kier molecular flexibility index (Phi) is 6.86. The highest BCUT2D eigenvalue weighted by molar-refractivity contribution is 5.94. The van der Waals surface area contributed by atoms with E-state index in [1.54, 1.807) is 0 Å². The maximum atomic E-state index is 13.2. The fourth-order valence-electron chi connectivity index (χ4n) is 4.07. The number of amides is 1.